The van der Waals surface area contributed by atoms with Crippen LogP contribution >= 0.6 is 0 Å². The maximum Gasteiger partial charge on any atom is 0.350 e. The Balaban J connectivity index is 1.50. The van der Waals surface area contributed by atoms with Crippen LogP contribution in [-0.4, -0.2) is 70.3 Å². The summed E-state index contributed by atoms with van der Waals surface area (Å²) >= 11 is 0. The molecule has 1 aromatic heterocycles. The summed E-state index contributed by atoms with van der Waals surface area (Å²) in [6, 6.07) is 5.69. The van der Waals surface area contributed by atoms with E-state index >= 15 is 0 Å². The molecule has 3 heterocycles. The average Bonchev–Trinajstić information content (AvgIpc) is 3.46. The molecule has 0 bridgehead atoms. The standard InChI is InChI=1S/C24H31N5O6/c1-16(30)21-14-17-13-18(8-9-20(17)35-21)25-24(2,29(33)34)26-19-7-3-4-12-28(23(19)32)15-22(31)27-10-5-6-11-27/h8-9,13-14,19,25-26H,3-7,10-12,15H2,1-2H3. The van der Waals surface area contributed by atoms with Crippen LogP contribution in [0.2, 0.25) is 0 Å². The second-order valence-corrected chi connectivity index (χ2v) is 9.41. The largest absolute Gasteiger partial charge is 0.453 e. The molecule has 2 aromatic rings. The van der Waals surface area contributed by atoms with Gasteiger partial charge in [-0.3, -0.25) is 24.5 Å². The summed E-state index contributed by atoms with van der Waals surface area (Å²) in [5.41, 5.74) is 0.927. The average molecular weight is 486 g/mol. The lowest BCUT2D eigenvalue weighted by Crippen LogP contribution is -2.62. The van der Waals surface area contributed by atoms with Gasteiger partial charge in [0.15, 0.2) is 11.5 Å². The number of fused-ring (bicyclic) bond motifs is 1. The van der Waals surface area contributed by atoms with E-state index in [4.69, 9.17) is 4.42 Å². The highest BCUT2D eigenvalue weighted by molar-refractivity contribution is 5.96. The van der Waals surface area contributed by atoms with Crippen molar-refractivity contribution in [1.82, 2.24) is 15.1 Å². The lowest BCUT2D eigenvalue weighted by Gasteiger charge is -2.31. The highest BCUT2D eigenvalue weighted by Crippen LogP contribution is 2.26. The molecule has 0 radical (unpaired) electrons. The Morgan fingerprint density at radius 2 is 1.89 bits per heavy atom. The molecule has 2 fully saturated rings. The summed E-state index contributed by atoms with van der Waals surface area (Å²) in [4.78, 5) is 52.4. The van der Waals surface area contributed by atoms with Crippen molar-refractivity contribution < 1.29 is 23.7 Å². The van der Waals surface area contributed by atoms with E-state index in [1.54, 1.807) is 29.2 Å². The van der Waals surface area contributed by atoms with Crippen molar-refractivity contribution in [2.45, 2.75) is 57.8 Å². The summed E-state index contributed by atoms with van der Waals surface area (Å²) in [6.45, 7) is 4.63. The summed E-state index contributed by atoms with van der Waals surface area (Å²) in [5, 5.41) is 18.5. The fourth-order valence-electron chi connectivity index (χ4n) is 4.68. The number of nitro groups is 1. The smallest absolute Gasteiger partial charge is 0.350 e. The zero-order chi connectivity index (χ0) is 25.2. The first kappa shape index (κ1) is 24.6. The van der Waals surface area contributed by atoms with Gasteiger partial charge in [-0.2, -0.15) is 0 Å². The molecule has 11 nitrogen and oxygen atoms in total. The number of hydrogen-bond donors (Lipinski definition) is 2. The van der Waals surface area contributed by atoms with Gasteiger partial charge >= 0.3 is 5.79 Å². The Hall–Kier alpha value is -3.47. The molecule has 2 atom stereocenters. The first-order valence-electron chi connectivity index (χ1n) is 12.0. The molecule has 2 N–H and O–H groups in total. The van der Waals surface area contributed by atoms with Crippen molar-refractivity contribution in [3.63, 3.8) is 0 Å². The highest BCUT2D eigenvalue weighted by atomic mass is 16.6. The molecule has 2 amide bonds. The zero-order valence-corrected chi connectivity index (χ0v) is 20.0. The van der Waals surface area contributed by atoms with Gasteiger partial charge in [-0.1, -0.05) is 0 Å². The Bertz CT molecular complexity index is 1140. The summed E-state index contributed by atoms with van der Waals surface area (Å²) in [5.74, 6) is -2.24. The maximum absolute atomic E-state index is 13.3. The summed E-state index contributed by atoms with van der Waals surface area (Å²) in [6.07, 6.45) is 3.81. The van der Waals surface area contributed by atoms with Gasteiger partial charge in [0.25, 0.3) is 0 Å². The van der Waals surface area contributed by atoms with Gasteiger partial charge in [0.2, 0.25) is 11.8 Å². The van der Waals surface area contributed by atoms with Gasteiger partial charge < -0.3 is 19.5 Å². The van der Waals surface area contributed by atoms with Crippen molar-refractivity contribution in [1.29, 1.82) is 0 Å². The molecule has 0 spiro atoms. The number of anilines is 1. The van der Waals surface area contributed by atoms with Crippen LogP contribution in [0, 0.1) is 10.1 Å². The number of nitrogens with one attached hydrogen (secondary N) is 2. The fraction of sp³-hybridized carbons (Fsp3) is 0.542. The molecule has 11 heteroatoms. The topological polar surface area (TPSA) is 138 Å². The van der Waals surface area contributed by atoms with Crippen LogP contribution in [0.1, 0.15) is 56.5 Å². The monoisotopic (exact) mass is 485 g/mol. The van der Waals surface area contributed by atoms with E-state index in [1.165, 1.54) is 18.7 Å². The first-order chi connectivity index (χ1) is 16.7. The molecular weight excluding hydrogens is 454 g/mol. The minimum absolute atomic E-state index is 0.00470. The van der Waals surface area contributed by atoms with Crippen molar-refractivity contribution in [3.8, 4) is 0 Å². The predicted octanol–water partition coefficient (Wildman–Crippen LogP) is 2.59. The normalized spacial score (nSPS) is 20.5. The number of amides is 2. The van der Waals surface area contributed by atoms with E-state index in [2.05, 4.69) is 10.6 Å². The van der Waals surface area contributed by atoms with E-state index in [0.717, 1.165) is 19.3 Å². The van der Waals surface area contributed by atoms with Gasteiger partial charge in [0.1, 0.15) is 5.58 Å². The molecule has 2 unspecified atom stereocenters. The lowest BCUT2D eigenvalue weighted by atomic mass is 10.1. The third-order valence-electron chi connectivity index (χ3n) is 6.64. The Kier molecular flexibility index (Phi) is 7.06. The number of nitrogens with zero attached hydrogens (tertiary/aromatic N) is 3. The maximum atomic E-state index is 13.3. The van der Waals surface area contributed by atoms with E-state index in [9.17, 15) is 24.5 Å². The van der Waals surface area contributed by atoms with Crippen LogP contribution in [-0.2, 0) is 9.59 Å². The number of likely N-dealkylation sites (tertiary alicyclic amines) is 2. The third-order valence-corrected chi connectivity index (χ3v) is 6.64. The van der Waals surface area contributed by atoms with Gasteiger partial charge in [-0.15, -0.1) is 0 Å². The van der Waals surface area contributed by atoms with Gasteiger partial charge in [-0.25, -0.2) is 5.32 Å². The molecule has 2 aliphatic heterocycles. The van der Waals surface area contributed by atoms with Crippen LogP contribution in [0.15, 0.2) is 28.7 Å². The molecule has 2 saturated heterocycles. The molecule has 0 aliphatic carbocycles. The van der Waals surface area contributed by atoms with E-state index in [-0.39, 0.29) is 29.9 Å². The third kappa shape index (κ3) is 5.45. The van der Waals surface area contributed by atoms with Crippen molar-refractivity contribution in [3.05, 3.63) is 40.1 Å². The summed E-state index contributed by atoms with van der Waals surface area (Å²) < 4.78 is 5.48. The number of rotatable bonds is 8. The number of benzene rings is 1. The molecule has 35 heavy (non-hydrogen) atoms. The first-order valence-corrected chi connectivity index (χ1v) is 12.0. The Morgan fingerprint density at radius 3 is 2.57 bits per heavy atom. The van der Waals surface area contributed by atoms with Crippen molar-refractivity contribution in [2.75, 3.05) is 31.5 Å². The Labute approximate surface area is 202 Å². The number of carbonyl (C=O) groups excluding carboxylic acids is 3. The second kappa shape index (κ2) is 10.0. The van der Waals surface area contributed by atoms with Gasteiger partial charge in [-0.05, 0) is 56.4 Å². The Morgan fingerprint density at radius 1 is 1.17 bits per heavy atom. The van der Waals surface area contributed by atoms with Crippen LogP contribution in [0.4, 0.5) is 5.69 Å². The van der Waals surface area contributed by atoms with Crippen LogP contribution in [0.25, 0.3) is 11.0 Å². The molecule has 188 valence electrons. The highest BCUT2D eigenvalue weighted by Gasteiger charge is 2.43. The van der Waals surface area contributed by atoms with Crippen LogP contribution < -0.4 is 10.6 Å². The van der Waals surface area contributed by atoms with Crippen LogP contribution in [0.5, 0.6) is 0 Å². The summed E-state index contributed by atoms with van der Waals surface area (Å²) in [7, 11) is 0. The van der Waals surface area contributed by atoms with E-state index < -0.39 is 16.8 Å². The predicted molar refractivity (Wildman–Crippen MR) is 128 cm³/mol. The molecule has 2 aliphatic rings. The van der Waals surface area contributed by atoms with Crippen molar-refractivity contribution in [2.24, 2.45) is 0 Å². The lowest BCUT2D eigenvalue weighted by molar-refractivity contribution is -0.565. The van der Waals surface area contributed by atoms with Crippen molar-refractivity contribution >= 4 is 34.3 Å². The van der Waals surface area contributed by atoms with E-state index in [0.29, 0.717) is 49.1 Å². The van der Waals surface area contributed by atoms with Gasteiger partial charge in [0, 0.05) is 44.6 Å². The molecular formula is C24H31N5O6. The number of carbonyl (C=O) groups is 3. The molecule has 4 rings (SSSR count). The quantitative estimate of drug-likeness (QED) is 0.252. The minimum Gasteiger partial charge on any atom is -0.453 e. The number of furan rings is 1. The van der Waals surface area contributed by atoms with E-state index in [1.807, 2.05) is 0 Å². The number of Topliss-reactive ketones (excluding diaryl/α,β-unsaturated/α-hetero) is 1. The molecule has 0 saturated carbocycles. The number of ketones is 1. The van der Waals surface area contributed by atoms with Gasteiger partial charge in [0.05, 0.1) is 17.5 Å². The second-order valence-electron chi connectivity index (χ2n) is 9.41. The minimum atomic E-state index is -1.85. The SMILES string of the molecule is CC(=O)c1cc2cc(NC(C)(NC3CCCCN(CC(=O)N4CCCC4)C3=O)[N+](=O)[O-])ccc2o1. The number of hydrogen-bond acceptors (Lipinski definition) is 8. The molecule has 1 aromatic carbocycles. The van der Waals surface area contributed by atoms with Crippen LogP contribution in [0.3, 0.4) is 0 Å². The zero-order valence-electron chi connectivity index (χ0n) is 20.0. The fourth-order valence-corrected chi connectivity index (χ4v) is 4.68.